The molecule has 0 aliphatic carbocycles. The summed E-state index contributed by atoms with van der Waals surface area (Å²) in [6, 6.07) is 4.52. The summed E-state index contributed by atoms with van der Waals surface area (Å²) in [4.78, 5) is 1.16. The Kier molecular flexibility index (Phi) is 1.77. The smallest absolute Gasteiger partial charge is 0.169 e. The third kappa shape index (κ3) is 1.40. The molecule has 0 saturated carbocycles. The van der Waals surface area contributed by atoms with E-state index in [1.807, 2.05) is 0 Å². The van der Waals surface area contributed by atoms with Crippen LogP contribution in [-0.2, 0) is 0 Å². The fourth-order valence-corrected chi connectivity index (χ4v) is 0.896. The average molecular weight is 180 g/mol. The maximum absolute atomic E-state index is 12.7. The quantitative estimate of drug-likeness (QED) is 0.663. The van der Waals surface area contributed by atoms with Crippen molar-refractivity contribution in [3.63, 3.8) is 0 Å². The third-order valence-corrected chi connectivity index (χ3v) is 1.47. The second kappa shape index (κ2) is 2.93. The Morgan fingerprint density at radius 3 is 2.46 bits per heavy atom. The largest absolute Gasteiger partial charge is 0.204 e. The van der Waals surface area contributed by atoms with Crippen LogP contribution in [0.3, 0.4) is 0 Å². The van der Waals surface area contributed by atoms with Crippen LogP contribution in [0, 0.1) is 17.7 Å². The van der Waals surface area contributed by atoms with Crippen LogP contribution < -0.4 is 0 Å². The Bertz CT molecular complexity index is 411. The van der Waals surface area contributed by atoms with Crippen molar-refractivity contribution in [1.29, 1.82) is 0 Å². The molecule has 2 rings (SSSR count). The molecule has 0 aliphatic heterocycles. The zero-order valence-corrected chi connectivity index (χ0v) is 6.41. The van der Waals surface area contributed by atoms with Gasteiger partial charge in [-0.05, 0) is 12.1 Å². The summed E-state index contributed by atoms with van der Waals surface area (Å²) in [6.45, 7) is 0. The van der Waals surface area contributed by atoms with Crippen LogP contribution in [0.15, 0.2) is 24.5 Å². The first-order valence-corrected chi connectivity index (χ1v) is 3.51. The zero-order chi connectivity index (χ0) is 9.26. The Morgan fingerprint density at radius 2 is 1.85 bits per heavy atom. The Labute approximate surface area is 72.6 Å². The molecule has 0 fully saturated rings. The molecule has 13 heavy (non-hydrogen) atoms. The second-order valence-corrected chi connectivity index (χ2v) is 2.32. The van der Waals surface area contributed by atoms with Gasteiger partial charge in [-0.3, -0.25) is 0 Å². The molecule has 0 atom stereocenters. The Morgan fingerprint density at radius 1 is 1.15 bits per heavy atom. The van der Waals surface area contributed by atoms with E-state index in [1.54, 1.807) is 0 Å². The van der Waals surface area contributed by atoms with Crippen molar-refractivity contribution in [2.45, 2.75) is 0 Å². The van der Waals surface area contributed by atoms with Crippen molar-refractivity contribution >= 4 is 0 Å². The molecule has 3 nitrogen and oxygen atoms in total. The van der Waals surface area contributed by atoms with Crippen LogP contribution in [0.4, 0.5) is 8.78 Å². The lowest BCUT2D eigenvalue weighted by atomic mass is 10.3. The highest BCUT2D eigenvalue weighted by Crippen LogP contribution is 2.09. The van der Waals surface area contributed by atoms with Gasteiger partial charge in [0.2, 0.25) is 0 Å². The van der Waals surface area contributed by atoms with Gasteiger partial charge in [0.1, 0.15) is 0 Å². The fourth-order valence-electron chi connectivity index (χ4n) is 0.896. The molecule has 65 valence electrons. The summed E-state index contributed by atoms with van der Waals surface area (Å²) in [7, 11) is 0. The van der Waals surface area contributed by atoms with Gasteiger partial charge in [0.05, 0.1) is 24.1 Å². The van der Waals surface area contributed by atoms with Crippen molar-refractivity contribution in [2.24, 2.45) is 0 Å². The van der Waals surface area contributed by atoms with Gasteiger partial charge >= 0.3 is 0 Å². The first-order chi connectivity index (χ1) is 6.27. The van der Waals surface area contributed by atoms with E-state index in [0.29, 0.717) is 0 Å². The third-order valence-electron chi connectivity index (χ3n) is 1.47. The number of hydrogen-bond donors (Lipinski definition) is 0. The minimum Gasteiger partial charge on any atom is -0.204 e. The van der Waals surface area contributed by atoms with Gasteiger partial charge in [0.15, 0.2) is 11.6 Å². The van der Waals surface area contributed by atoms with Crippen molar-refractivity contribution in [3.05, 3.63) is 42.2 Å². The summed E-state index contributed by atoms with van der Waals surface area (Å²) < 4.78 is 25.2. The zero-order valence-electron chi connectivity index (χ0n) is 6.41. The molecule has 0 bridgehead atoms. The van der Waals surface area contributed by atoms with Crippen LogP contribution in [0.2, 0.25) is 0 Å². The summed E-state index contributed by atoms with van der Waals surface area (Å²) in [6.07, 6.45) is 2.88. The Hall–Kier alpha value is -1.78. The van der Waals surface area contributed by atoms with Crippen LogP contribution in [0.25, 0.3) is 5.69 Å². The highest BCUT2D eigenvalue weighted by molar-refractivity contribution is 5.28. The highest BCUT2D eigenvalue weighted by Gasteiger charge is 2.04. The topological polar surface area (TPSA) is 30.7 Å². The number of benzene rings is 1. The van der Waals surface area contributed by atoms with E-state index < -0.39 is 11.6 Å². The minimum atomic E-state index is -1.03. The average Bonchev–Trinajstić information content (AvgIpc) is 2.62. The molecule has 0 spiro atoms. The van der Waals surface area contributed by atoms with Crippen molar-refractivity contribution in [1.82, 2.24) is 15.0 Å². The maximum atomic E-state index is 12.7. The van der Waals surface area contributed by atoms with E-state index in [2.05, 4.69) is 16.3 Å². The molecule has 0 N–H and O–H groups in total. The monoisotopic (exact) mass is 180 g/mol. The SMILES string of the molecule is Fc1[c]c(-n2nccn2)ccc1F. The summed E-state index contributed by atoms with van der Waals surface area (Å²) in [5, 5.41) is 7.48. The predicted octanol–water partition coefficient (Wildman–Crippen LogP) is 1.35. The number of aromatic nitrogens is 3. The van der Waals surface area contributed by atoms with Gasteiger partial charge in [-0.2, -0.15) is 15.0 Å². The van der Waals surface area contributed by atoms with Crippen molar-refractivity contribution in [2.75, 3.05) is 0 Å². The van der Waals surface area contributed by atoms with Crippen molar-refractivity contribution in [3.8, 4) is 5.69 Å². The summed E-state index contributed by atoms with van der Waals surface area (Å²) in [5.41, 5.74) is 0.268. The van der Waals surface area contributed by atoms with Gasteiger partial charge in [-0.1, -0.05) is 0 Å². The van der Waals surface area contributed by atoms with Gasteiger partial charge in [-0.15, -0.1) is 0 Å². The molecular weight excluding hydrogens is 176 g/mol. The lowest BCUT2D eigenvalue weighted by molar-refractivity contribution is 0.505. The number of hydrogen-bond acceptors (Lipinski definition) is 2. The summed E-state index contributed by atoms with van der Waals surface area (Å²) in [5.74, 6) is -1.97. The van der Waals surface area contributed by atoms with Crippen LogP contribution in [0.5, 0.6) is 0 Å². The van der Waals surface area contributed by atoms with Crippen molar-refractivity contribution < 1.29 is 8.78 Å². The fraction of sp³-hybridized carbons (Fsp3) is 0. The molecule has 2 aromatic rings. The maximum Gasteiger partial charge on any atom is 0.169 e. The molecule has 5 heteroatoms. The van der Waals surface area contributed by atoms with Crippen LogP contribution >= 0.6 is 0 Å². The van der Waals surface area contributed by atoms with Crippen LogP contribution in [-0.4, -0.2) is 15.0 Å². The number of rotatable bonds is 1. The highest BCUT2D eigenvalue weighted by atomic mass is 19.2. The van der Waals surface area contributed by atoms with E-state index >= 15 is 0 Å². The molecule has 0 aliphatic rings. The second-order valence-electron chi connectivity index (χ2n) is 2.32. The number of nitrogens with zero attached hydrogens (tertiary/aromatic N) is 3. The van der Waals surface area contributed by atoms with E-state index in [-0.39, 0.29) is 5.69 Å². The molecular formula is C8H4F2N3. The van der Waals surface area contributed by atoms with Gasteiger partial charge in [0, 0.05) is 0 Å². The summed E-state index contributed by atoms with van der Waals surface area (Å²) >= 11 is 0. The van der Waals surface area contributed by atoms with Gasteiger partial charge < -0.3 is 0 Å². The lowest BCUT2D eigenvalue weighted by Gasteiger charge is -1.98. The van der Waals surface area contributed by atoms with E-state index in [4.69, 9.17) is 0 Å². The normalized spacial score (nSPS) is 10.3. The molecule has 1 heterocycles. The lowest BCUT2D eigenvalue weighted by Crippen LogP contribution is -1.99. The van der Waals surface area contributed by atoms with E-state index in [9.17, 15) is 8.78 Å². The molecule has 1 radical (unpaired) electrons. The van der Waals surface area contributed by atoms with E-state index in [1.165, 1.54) is 18.5 Å². The first-order valence-electron chi connectivity index (χ1n) is 3.51. The van der Waals surface area contributed by atoms with Gasteiger partial charge in [0.25, 0.3) is 0 Å². The molecule has 1 aromatic carbocycles. The molecule has 0 amide bonds. The molecule has 0 unspecified atom stereocenters. The molecule has 0 saturated heterocycles. The minimum absolute atomic E-state index is 0.268. The predicted molar refractivity (Wildman–Crippen MR) is 40.1 cm³/mol. The van der Waals surface area contributed by atoms with Crippen LogP contribution in [0.1, 0.15) is 0 Å². The number of halogens is 2. The molecule has 1 aromatic heterocycles. The first kappa shape index (κ1) is 7.85. The van der Waals surface area contributed by atoms with Gasteiger partial charge in [-0.25, -0.2) is 8.78 Å². The Balaban J connectivity index is 2.49. The standard InChI is InChI=1S/C8H4F2N3/c9-7-2-1-6(5-8(7)10)13-11-3-4-12-13/h1-4H. The van der Waals surface area contributed by atoms with E-state index in [0.717, 1.165) is 10.9 Å².